The third kappa shape index (κ3) is 3.52. The Morgan fingerprint density at radius 1 is 1.54 bits per heavy atom. The van der Waals surface area contributed by atoms with E-state index >= 15 is 0 Å². The van der Waals surface area contributed by atoms with Crippen molar-refractivity contribution in [3.8, 4) is 0 Å². The Morgan fingerprint density at radius 3 is 3.17 bits per heavy atom. The van der Waals surface area contributed by atoms with Crippen molar-refractivity contribution in [2.24, 2.45) is 5.92 Å². The second-order valence-corrected chi connectivity index (χ2v) is 7.05. The van der Waals surface area contributed by atoms with Gasteiger partial charge >= 0.3 is 0 Å². The average molecular weight is 328 g/mol. The maximum absolute atomic E-state index is 12.9. The summed E-state index contributed by atoms with van der Waals surface area (Å²) < 4.78 is 0. The van der Waals surface area contributed by atoms with Gasteiger partial charge in [-0.25, -0.2) is 4.98 Å². The van der Waals surface area contributed by atoms with Crippen LogP contribution in [0.25, 0.3) is 11.0 Å². The molecule has 2 atom stereocenters. The number of fused-ring (bicyclic) bond motifs is 1. The van der Waals surface area contributed by atoms with E-state index in [1.807, 2.05) is 19.1 Å². The first-order valence-electron chi connectivity index (χ1n) is 8.99. The number of Topliss-reactive ketones (excluding diaryl/α,β-unsaturated/α-hetero) is 1. The van der Waals surface area contributed by atoms with Crippen LogP contribution in [0.4, 0.5) is 0 Å². The van der Waals surface area contributed by atoms with Gasteiger partial charge in [-0.2, -0.15) is 0 Å². The van der Waals surface area contributed by atoms with E-state index in [0.717, 1.165) is 42.8 Å². The highest BCUT2D eigenvalue weighted by molar-refractivity contribution is 6.09. The molecular weight excluding hydrogens is 300 g/mol. The lowest BCUT2D eigenvalue weighted by Gasteiger charge is -2.24. The highest BCUT2D eigenvalue weighted by atomic mass is 16.1. The monoisotopic (exact) mass is 328 g/mol. The van der Waals surface area contributed by atoms with E-state index in [-0.39, 0.29) is 11.8 Å². The Balaban J connectivity index is 1.64. The molecule has 0 aliphatic carbocycles. The molecule has 0 spiro atoms. The van der Waals surface area contributed by atoms with Crippen molar-refractivity contribution in [1.82, 2.24) is 19.8 Å². The fourth-order valence-electron chi connectivity index (χ4n) is 3.83. The molecule has 5 heteroatoms. The number of rotatable bonds is 7. The van der Waals surface area contributed by atoms with Crippen molar-refractivity contribution in [1.29, 1.82) is 0 Å². The first-order valence-corrected chi connectivity index (χ1v) is 8.99. The number of hydrogen-bond acceptors (Lipinski definition) is 4. The van der Waals surface area contributed by atoms with Gasteiger partial charge in [-0.3, -0.25) is 9.69 Å². The predicted molar refractivity (Wildman–Crippen MR) is 97.4 cm³/mol. The molecule has 0 aromatic carbocycles. The molecule has 130 valence electrons. The summed E-state index contributed by atoms with van der Waals surface area (Å²) in [5.41, 5.74) is 1.55. The van der Waals surface area contributed by atoms with E-state index < -0.39 is 0 Å². The summed E-state index contributed by atoms with van der Waals surface area (Å²) in [6.07, 6.45) is 5.92. The molecule has 1 N–H and O–H groups in total. The Labute approximate surface area is 144 Å². The predicted octanol–water partition coefficient (Wildman–Crippen LogP) is 2.80. The van der Waals surface area contributed by atoms with Crippen molar-refractivity contribution in [3.63, 3.8) is 0 Å². The number of carbonyl (C=O) groups is 1. The lowest BCUT2D eigenvalue weighted by molar-refractivity contribution is 0.0862. The average Bonchev–Trinajstić information content (AvgIpc) is 3.20. The molecule has 0 saturated carbocycles. The third-order valence-electron chi connectivity index (χ3n) is 5.14. The Kier molecular flexibility index (Phi) is 5.31. The van der Waals surface area contributed by atoms with Gasteiger partial charge in [0.25, 0.3) is 0 Å². The van der Waals surface area contributed by atoms with E-state index in [0.29, 0.717) is 5.92 Å². The van der Waals surface area contributed by atoms with Gasteiger partial charge in [-0.05, 0) is 58.0 Å². The summed E-state index contributed by atoms with van der Waals surface area (Å²) in [6, 6.07) is 3.77. The molecule has 1 aliphatic rings. The van der Waals surface area contributed by atoms with Gasteiger partial charge < -0.3 is 9.88 Å². The van der Waals surface area contributed by atoms with Crippen LogP contribution >= 0.6 is 0 Å². The number of carbonyl (C=O) groups excluding carboxylic acids is 1. The summed E-state index contributed by atoms with van der Waals surface area (Å²) in [4.78, 5) is 25.1. The quantitative estimate of drug-likeness (QED) is 0.794. The zero-order chi connectivity index (χ0) is 17.1. The normalized spacial score (nSPS) is 20.1. The van der Waals surface area contributed by atoms with Gasteiger partial charge in [0.1, 0.15) is 5.65 Å². The summed E-state index contributed by atoms with van der Waals surface area (Å²) in [5.74, 6) is 0.859. The second kappa shape index (κ2) is 7.45. The molecule has 2 unspecified atom stereocenters. The van der Waals surface area contributed by atoms with Crippen molar-refractivity contribution < 1.29 is 4.79 Å². The number of nitrogens with one attached hydrogen (secondary N) is 1. The lowest BCUT2D eigenvalue weighted by atomic mass is 10.0. The van der Waals surface area contributed by atoms with Crippen molar-refractivity contribution in [2.75, 3.05) is 33.2 Å². The molecule has 24 heavy (non-hydrogen) atoms. The second-order valence-electron chi connectivity index (χ2n) is 7.05. The number of aromatic amines is 1. The van der Waals surface area contributed by atoms with Crippen LogP contribution < -0.4 is 0 Å². The van der Waals surface area contributed by atoms with Crippen LogP contribution in [0.5, 0.6) is 0 Å². The number of ketones is 1. The SMILES string of the molecule is CCCN(C)CC1CCN(C(C)C(=O)c2c[nH]c3ncccc23)C1. The number of aromatic nitrogens is 2. The van der Waals surface area contributed by atoms with Crippen LogP contribution in [0.3, 0.4) is 0 Å². The van der Waals surface area contributed by atoms with E-state index in [1.165, 1.54) is 12.8 Å². The molecule has 5 nitrogen and oxygen atoms in total. The van der Waals surface area contributed by atoms with Gasteiger partial charge in [0.15, 0.2) is 5.78 Å². The van der Waals surface area contributed by atoms with Crippen LogP contribution in [-0.4, -0.2) is 64.8 Å². The summed E-state index contributed by atoms with van der Waals surface area (Å²) in [7, 11) is 2.19. The van der Waals surface area contributed by atoms with Gasteiger partial charge in [-0.15, -0.1) is 0 Å². The molecule has 0 radical (unpaired) electrons. The fourth-order valence-corrected chi connectivity index (χ4v) is 3.83. The summed E-state index contributed by atoms with van der Waals surface area (Å²) in [6.45, 7) is 8.55. The van der Waals surface area contributed by atoms with Crippen LogP contribution in [-0.2, 0) is 0 Å². The van der Waals surface area contributed by atoms with Crippen LogP contribution in [0.2, 0.25) is 0 Å². The van der Waals surface area contributed by atoms with E-state index in [4.69, 9.17) is 0 Å². The minimum absolute atomic E-state index is 0.0781. The fraction of sp³-hybridized carbons (Fsp3) is 0.579. The smallest absolute Gasteiger partial charge is 0.181 e. The van der Waals surface area contributed by atoms with Crippen LogP contribution in [0, 0.1) is 5.92 Å². The number of likely N-dealkylation sites (tertiary alicyclic amines) is 1. The molecule has 1 aliphatic heterocycles. The molecule has 3 rings (SSSR count). The highest BCUT2D eigenvalue weighted by Gasteiger charge is 2.31. The lowest BCUT2D eigenvalue weighted by Crippen LogP contribution is -2.38. The number of pyridine rings is 1. The Morgan fingerprint density at radius 2 is 2.38 bits per heavy atom. The highest BCUT2D eigenvalue weighted by Crippen LogP contribution is 2.24. The molecular formula is C19H28N4O. The van der Waals surface area contributed by atoms with Crippen molar-refractivity contribution >= 4 is 16.8 Å². The molecule has 0 bridgehead atoms. The first kappa shape index (κ1) is 17.1. The number of H-pyrrole nitrogens is 1. The molecule has 1 saturated heterocycles. The standard InChI is InChI=1S/C19H28N4O/c1-4-9-22(3)12-15-7-10-23(13-15)14(2)18(24)17-11-21-19-16(17)6-5-8-20-19/h5-6,8,11,14-15H,4,7,9-10,12-13H2,1-3H3,(H,20,21). The minimum Gasteiger partial charge on any atom is -0.345 e. The Hall–Kier alpha value is -1.72. The van der Waals surface area contributed by atoms with Gasteiger partial charge in [0.05, 0.1) is 6.04 Å². The number of nitrogens with zero attached hydrogens (tertiary/aromatic N) is 3. The largest absolute Gasteiger partial charge is 0.345 e. The summed E-state index contributed by atoms with van der Waals surface area (Å²) >= 11 is 0. The summed E-state index contributed by atoms with van der Waals surface area (Å²) in [5, 5.41) is 0.924. The minimum atomic E-state index is -0.0781. The third-order valence-corrected chi connectivity index (χ3v) is 5.14. The number of hydrogen-bond donors (Lipinski definition) is 1. The molecule has 1 fully saturated rings. The van der Waals surface area contributed by atoms with Crippen molar-refractivity contribution in [3.05, 3.63) is 30.1 Å². The molecule has 0 amide bonds. The van der Waals surface area contributed by atoms with E-state index in [2.05, 4.69) is 33.7 Å². The Bertz CT molecular complexity index is 695. The van der Waals surface area contributed by atoms with E-state index in [9.17, 15) is 4.79 Å². The zero-order valence-corrected chi connectivity index (χ0v) is 15.0. The van der Waals surface area contributed by atoms with Gasteiger partial charge in [0, 0.05) is 36.4 Å². The van der Waals surface area contributed by atoms with Crippen molar-refractivity contribution in [2.45, 2.75) is 32.7 Å². The maximum atomic E-state index is 12.9. The van der Waals surface area contributed by atoms with Crippen LogP contribution in [0.1, 0.15) is 37.0 Å². The maximum Gasteiger partial charge on any atom is 0.181 e. The molecule has 2 aromatic rings. The molecule has 3 heterocycles. The van der Waals surface area contributed by atoms with Crippen LogP contribution in [0.15, 0.2) is 24.5 Å². The van der Waals surface area contributed by atoms with E-state index in [1.54, 1.807) is 12.4 Å². The first-order chi connectivity index (χ1) is 11.6. The topological polar surface area (TPSA) is 52.2 Å². The molecule has 2 aromatic heterocycles. The zero-order valence-electron chi connectivity index (χ0n) is 15.0. The van der Waals surface area contributed by atoms with Gasteiger partial charge in [0.2, 0.25) is 0 Å². The van der Waals surface area contributed by atoms with Gasteiger partial charge in [-0.1, -0.05) is 6.92 Å².